The third kappa shape index (κ3) is 5.02. The second-order valence-electron chi connectivity index (χ2n) is 20.1. The summed E-state index contributed by atoms with van der Waals surface area (Å²) in [7, 11) is 0. The fourth-order valence-electron chi connectivity index (χ4n) is 15.0. The van der Waals surface area contributed by atoms with E-state index >= 15 is 0 Å². The van der Waals surface area contributed by atoms with E-state index in [1.165, 1.54) is 32.1 Å². The first-order valence-electron chi connectivity index (χ1n) is 20.5. The van der Waals surface area contributed by atoms with Gasteiger partial charge in [0.05, 0.1) is 36.6 Å². The minimum absolute atomic E-state index is 0.00716. The maximum absolute atomic E-state index is 12.8. The number of nitrogens with zero attached hydrogens (tertiary/aromatic N) is 2. The first-order valence-corrected chi connectivity index (χ1v) is 20.5. The fourth-order valence-corrected chi connectivity index (χ4v) is 15.0. The summed E-state index contributed by atoms with van der Waals surface area (Å²) < 4.78 is 39.1. The van der Waals surface area contributed by atoms with E-state index in [1.807, 2.05) is 20.8 Å². The first-order chi connectivity index (χ1) is 23.6. The van der Waals surface area contributed by atoms with Gasteiger partial charge >= 0.3 is 0 Å². The van der Waals surface area contributed by atoms with Crippen LogP contribution in [0.2, 0.25) is 0 Å². The average molecular weight is 705 g/mol. The normalized spacial score (nSPS) is 51.1. The Kier molecular flexibility index (Phi) is 9.01. The topological polar surface area (TPSA) is 83.9 Å². The molecule has 8 nitrogen and oxygen atoms in total. The molecule has 3 aliphatic heterocycles. The van der Waals surface area contributed by atoms with Gasteiger partial charge in [-0.25, -0.2) is 4.39 Å². The molecule has 286 valence electrons. The van der Waals surface area contributed by atoms with E-state index in [1.54, 1.807) is 0 Å². The van der Waals surface area contributed by atoms with Crippen molar-refractivity contribution in [1.82, 2.24) is 9.80 Å². The zero-order chi connectivity index (χ0) is 35.6. The van der Waals surface area contributed by atoms with E-state index in [9.17, 15) is 14.6 Å². The van der Waals surface area contributed by atoms with Gasteiger partial charge < -0.3 is 29.2 Å². The van der Waals surface area contributed by atoms with Crippen LogP contribution in [0, 0.1) is 50.7 Å². The first kappa shape index (κ1) is 36.6. The predicted octanol–water partition coefficient (Wildman–Crippen LogP) is 5.67. The van der Waals surface area contributed by atoms with Crippen LogP contribution in [0.15, 0.2) is 0 Å². The molecule has 2 N–H and O–H groups in total. The van der Waals surface area contributed by atoms with Gasteiger partial charge in [0.15, 0.2) is 6.29 Å². The molecule has 2 spiro atoms. The van der Waals surface area contributed by atoms with Crippen LogP contribution in [0.5, 0.6) is 0 Å². The van der Waals surface area contributed by atoms with Crippen molar-refractivity contribution in [3.63, 3.8) is 0 Å². The highest BCUT2D eigenvalue weighted by molar-refractivity contribution is 5.33. The van der Waals surface area contributed by atoms with Crippen LogP contribution in [0.3, 0.4) is 0 Å². The van der Waals surface area contributed by atoms with Crippen LogP contribution >= 0.6 is 0 Å². The number of halogens is 1. The maximum atomic E-state index is 12.8. The summed E-state index contributed by atoms with van der Waals surface area (Å²) in [5.41, 5.74) is -0.559. The Morgan fingerprint density at radius 1 is 1.00 bits per heavy atom. The van der Waals surface area contributed by atoms with Crippen LogP contribution in [0.1, 0.15) is 107 Å². The maximum Gasteiger partial charge on any atom is 0.170 e. The van der Waals surface area contributed by atoms with Gasteiger partial charge in [-0.3, -0.25) is 9.80 Å². The molecule has 9 heteroatoms. The van der Waals surface area contributed by atoms with Crippen LogP contribution in [0.4, 0.5) is 4.39 Å². The summed E-state index contributed by atoms with van der Waals surface area (Å²) in [6.07, 6.45) is 7.79. The minimum atomic E-state index is -1.02. The van der Waals surface area contributed by atoms with Crippen molar-refractivity contribution < 1.29 is 33.6 Å². The smallest absolute Gasteiger partial charge is 0.170 e. The van der Waals surface area contributed by atoms with Crippen LogP contribution in [0.25, 0.3) is 0 Å². The van der Waals surface area contributed by atoms with Crippen molar-refractivity contribution >= 4 is 0 Å². The molecule has 5 aliphatic carbocycles. The van der Waals surface area contributed by atoms with Crippen molar-refractivity contribution in [2.45, 2.75) is 155 Å². The number of ether oxygens (including phenoxy) is 4. The standard InChI is InChI=1S/C41H69FN2O6/c1-9-47-35(37(5,6)46)27-20-25(2)32-33(49-27)34(45)39(8)29-11-10-28-36(3,4)30(12-13-40(28)24-41(29,40)15-14-38(32,39)7)50-31-23-44(18-19-48-31)26-21-43(22-26)17-16-42/h25-35,45-46H,9-24H2,1-8H3/t25-,27?,28+,29?,30+,31+,32+,33?,34+,35+,38-,39-,40-,41+/m1/s1. The zero-order valence-electron chi connectivity index (χ0n) is 32.5. The Balaban J connectivity index is 0.988. The fraction of sp³-hybridized carbons (Fsp3) is 1.00. The van der Waals surface area contributed by atoms with Gasteiger partial charge in [-0.2, -0.15) is 0 Å². The number of rotatable bonds is 9. The van der Waals surface area contributed by atoms with Crippen molar-refractivity contribution in [2.75, 3.05) is 52.6 Å². The molecule has 8 rings (SSSR count). The molecule has 50 heavy (non-hydrogen) atoms. The van der Waals surface area contributed by atoms with Gasteiger partial charge in [0.1, 0.15) is 12.8 Å². The molecule has 8 aliphatic rings. The molecular formula is C41H69FN2O6. The molecule has 0 radical (unpaired) electrons. The molecule has 3 unspecified atom stereocenters. The molecule has 14 atom stereocenters. The molecule has 3 heterocycles. The molecule has 5 saturated carbocycles. The molecule has 0 bridgehead atoms. The van der Waals surface area contributed by atoms with Gasteiger partial charge in [0.2, 0.25) is 0 Å². The van der Waals surface area contributed by atoms with Gasteiger partial charge in [0.25, 0.3) is 0 Å². The van der Waals surface area contributed by atoms with E-state index < -0.39 is 17.8 Å². The highest BCUT2D eigenvalue weighted by Crippen LogP contribution is 2.89. The molecule has 0 aromatic rings. The Labute approximate surface area is 301 Å². The van der Waals surface area contributed by atoms with Crippen LogP contribution in [-0.4, -0.2) is 121 Å². The summed E-state index contributed by atoms with van der Waals surface area (Å²) in [5, 5.41) is 23.7. The largest absolute Gasteiger partial charge is 0.390 e. The van der Waals surface area contributed by atoms with E-state index in [2.05, 4.69) is 44.4 Å². The lowest BCUT2D eigenvalue weighted by Gasteiger charge is -2.64. The van der Waals surface area contributed by atoms with E-state index in [0.29, 0.717) is 60.3 Å². The summed E-state index contributed by atoms with van der Waals surface area (Å²) in [5.74, 6) is 1.78. The van der Waals surface area contributed by atoms with Crippen molar-refractivity contribution in [3.8, 4) is 0 Å². The molecule has 8 fully saturated rings. The number of alkyl halides is 1. The molecule has 0 aromatic carbocycles. The SMILES string of the molecule is CCO[C@@H](C1C[C@@H](C)[C@H]2C(O1)[C@H](O)[C@@]1(C)C3CC[C@H]4C(C)(C)[C@@H](O[C@H]5CN(C6CN(CCF)C6)CCO5)CC[C@@]45C[C@@]35CC[C@]21C)C(C)(C)O. The third-order valence-electron chi connectivity index (χ3n) is 17.4. The Morgan fingerprint density at radius 3 is 2.42 bits per heavy atom. The highest BCUT2D eigenvalue weighted by Gasteiger charge is 2.84. The van der Waals surface area contributed by atoms with Gasteiger partial charge in [0, 0.05) is 50.8 Å². The summed E-state index contributed by atoms with van der Waals surface area (Å²) in [4.78, 5) is 4.72. The lowest BCUT2D eigenvalue weighted by Crippen LogP contribution is -2.63. The average Bonchev–Trinajstić information content (AvgIpc) is 3.67. The number of aliphatic hydroxyl groups is 2. The Bertz CT molecular complexity index is 1270. The zero-order valence-corrected chi connectivity index (χ0v) is 32.5. The van der Waals surface area contributed by atoms with Gasteiger partial charge in [-0.05, 0) is 117 Å². The number of fused-ring (bicyclic) bond motifs is 4. The van der Waals surface area contributed by atoms with Crippen molar-refractivity contribution in [2.24, 2.45) is 50.7 Å². The Hall–Kier alpha value is -0.390. The number of morpholine rings is 1. The number of likely N-dealkylation sites (tertiary alicyclic amines) is 1. The van der Waals surface area contributed by atoms with Crippen molar-refractivity contribution in [1.29, 1.82) is 0 Å². The quantitative estimate of drug-likeness (QED) is 0.318. The molecule has 3 saturated heterocycles. The summed E-state index contributed by atoms with van der Waals surface area (Å²) in [6, 6.07) is 0.487. The number of aliphatic hydroxyl groups excluding tert-OH is 1. The van der Waals surface area contributed by atoms with Crippen LogP contribution < -0.4 is 0 Å². The monoisotopic (exact) mass is 705 g/mol. The summed E-state index contributed by atoms with van der Waals surface area (Å²) in [6.45, 7) is 23.1. The molecule has 0 amide bonds. The van der Waals surface area contributed by atoms with Crippen LogP contribution in [-0.2, 0) is 18.9 Å². The van der Waals surface area contributed by atoms with Gasteiger partial charge in [-0.1, -0.05) is 34.6 Å². The minimum Gasteiger partial charge on any atom is -0.390 e. The highest BCUT2D eigenvalue weighted by atomic mass is 19.1. The second-order valence-corrected chi connectivity index (χ2v) is 20.1. The summed E-state index contributed by atoms with van der Waals surface area (Å²) >= 11 is 0. The molecule has 0 aromatic heterocycles. The lowest BCUT2D eigenvalue weighted by atomic mass is 9.41. The number of hydrogen-bond acceptors (Lipinski definition) is 8. The third-order valence-corrected chi connectivity index (χ3v) is 17.4. The lowest BCUT2D eigenvalue weighted by molar-refractivity contribution is -0.253. The predicted molar refractivity (Wildman–Crippen MR) is 190 cm³/mol. The van der Waals surface area contributed by atoms with E-state index in [4.69, 9.17) is 18.9 Å². The van der Waals surface area contributed by atoms with Crippen molar-refractivity contribution in [3.05, 3.63) is 0 Å². The number of hydrogen-bond donors (Lipinski definition) is 2. The Morgan fingerprint density at radius 2 is 1.72 bits per heavy atom. The van der Waals surface area contributed by atoms with E-state index in [0.717, 1.165) is 45.4 Å². The van der Waals surface area contributed by atoms with Gasteiger partial charge in [-0.15, -0.1) is 0 Å². The van der Waals surface area contributed by atoms with E-state index in [-0.39, 0.29) is 47.5 Å². The second kappa shape index (κ2) is 12.3. The molecular weight excluding hydrogens is 635 g/mol.